The van der Waals surface area contributed by atoms with Gasteiger partial charge in [-0.25, -0.2) is 0 Å². The standard InChI is InChI=1S/C16H13ClN2O2S/c17-10-4-3-5-11(8-10)18-15(20)9-14-16(21)19-12-6-1-2-7-13(12)22-14/h1-8,14H,9H2,(H,18,20)(H,19,21). The van der Waals surface area contributed by atoms with Crippen molar-refractivity contribution in [2.75, 3.05) is 10.6 Å². The molecule has 6 heteroatoms. The largest absolute Gasteiger partial charge is 0.326 e. The lowest BCUT2D eigenvalue weighted by molar-refractivity contribution is -0.120. The van der Waals surface area contributed by atoms with Crippen molar-refractivity contribution in [1.29, 1.82) is 0 Å². The van der Waals surface area contributed by atoms with Gasteiger partial charge in [-0.05, 0) is 30.3 Å². The Balaban J connectivity index is 1.66. The van der Waals surface area contributed by atoms with Crippen molar-refractivity contribution in [2.45, 2.75) is 16.6 Å². The molecule has 2 aromatic carbocycles. The Bertz CT molecular complexity index is 736. The number of halogens is 1. The Morgan fingerprint density at radius 1 is 1.23 bits per heavy atom. The van der Waals surface area contributed by atoms with Crippen LogP contribution in [-0.4, -0.2) is 17.1 Å². The predicted octanol–water partition coefficient (Wildman–Crippen LogP) is 3.78. The van der Waals surface area contributed by atoms with Crippen LogP contribution < -0.4 is 10.6 Å². The minimum absolute atomic E-state index is 0.108. The molecule has 0 radical (unpaired) electrons. The predicted molar refractivity (Wildman–Crippen MR) is 89.4 cm³/mol. The molecule has 4 nitrogen and oxygen atoms in total. The Morgan fingerprint density at radius 3 is 2.86 bits per heavy atom. The summed E-state index contributed by atoms with van der Waals surface area (Å²) in [4.78, 5) is 25.1. The van der Waals surface area contributed by atoms with Crippen LogP contribution in [0.5, 0.6) is 0 Å². The zero-order valence-corrected chi connectivity index (χ0v) is 13.1. The maximum absolute atomic E-state index is 12.1. The number of thioether (sulfide) groups is 1. The first kappa shape index (κ1) is 14.9. The summed E-state index contributed by atoms with van der Waals surface area (Å²) in [6.07, 6.45) is 0.108. The number of hydrogen-bond acceptors (Lipinski definition) is 3. The number of nitrogens with one attached hydrogen (secondary N) is 2. The second-order valence-corrected chi connectivity index (χ2v) is 6.54. The van der Waals surface area contributed by atoms with Crippen LogP contribution in [0.15, 0.2) is 53.4 Å². The van der Waals surface area contributed by atoms with Gasteiger partial charge in [-0.2, -0.15) is 0 Å². The average Bonchev–Trinajstić information content (AvgIpc) is 2.48. The zero-order chi connectivity index (χ0) is 15.5. The molecule has 1 aliphatic heterocycles. The summed E-state index contributed by atoms with van der Waals surface area (Å²) in [5.74, 6) is -0.362. The van der Waals surface area contributed by atoms with Gasteiger partial charge in [0.25, 0.3) is 0 Å². The fraction of sp³-hybridized carbons (Fsp3) is 0.125. The highest BCUT2D eigenvalue weighted by Gasteiger charge is 2.28. The van der Waals surface area contributed by atoms with Crippen LogP contribution >= 0.6 is 23.4 Å². The van der Waals surface area contributed by atoms with Crippen molar-refractivity contribution in [3.63, 3.8) is 0 Å². The molecule has 3 rings (SSSR count). The number of amides is 2. The van der Waals surface area contributed by atoms with E-state index in [2.05, 4.69) is 10.6 Å². The maximum atomic E-state index is 12.1. The number of para-hydroxylation sites is 1. The summed E-state index contributed by atoms with van der Waals surface area (Å²) in [6, 6.07) is 14.5. The van der Waals surface area contributed by atoms with E-state index in [1.54, 1.807) is 24.3 Å². The molecule has 0 bridgehead atoms. The Labute approximate surface area is 137 Å². The third kappa shape index (κ3) is 3.43. The Kier molecular flexibility index (Phi) is 4.36. The van der Waals surface area contributed by atoms with Crippen LogP contribution in [0.2, 0.25) is 5.02 Å². The van der Waals surface area contributed by atoms with Crippen molar-refractivity contribution in [2.24, 2.45) is 0 Å². The monoisotopic (exact) mass is 332 g/mol. The minimum atomic E-state index is -0.436. The number of carbonyl (C=O) groups is 2. The summed E-state index contributed by atoms with van der Waals surface area (Å²) >= 11 is 7.29. The van der Waals surface area contributed by atoms with E-state index in [9.17, 15) is 9.59 Å². The van der Waals surface area contributed by atoms with Gasteiger partial charge >= 0.3 is 0 Å². The second kappa shape index (κ2) is 6.42. The van der Waals surface area contributed by atoms with Crippen molar-refractivity contribution < 1.29 is 9.59 Å². The molecule has 22 heavy (non-hydrogen) atoms. The van der Waals surface area contributed by atoms with Crippen LogP contribution in [0, 0.1) is 0 Å². The third-order valence-electron chi connectivity index (χ3n) is 3.19. The normalized spacial score (nSPS) is 16.6. The number of rotatable bonds is 3. The van der Waals surface area contributed by atoms with Gasteiger partial charge in [-0.3, -0.25) is 9.59 Å². The van der Waals surface area contributed by atoms with Crippen LogP contribution in [0.25, 0.3) is 0 Å². The molecule has 1 heterocycles. The molecule has 0 saturated carbocycles. The molecule has 2 amide bonds. The molecule has 112 valence electrons. The van der Waals surface area contributed by atoms with Gasteiger partial charge in [-0.15, -0.1) is 11.8 Å². The second-order valence-electron chi connectivity index (χ2n) is 4.85. The highest BCUT2D eigenvalue weighted by Crippen LogP contribution is 2.36. The van der Waals surface area contributed by atoms with Gasteiger partial charge in [-0.1, -0.05) is 29.8 Å². The summed E-state index contributed by atoms with van der Waals surface area (Å²) in [5, 5.41) is 5.70. The van der Waals surface area contributed by atoms with E-state index in [-0.39, 0.29) is 18.2 Å². The summed E-state index contributed by atoms with van der Waals surface area (Å²) in [5.41, 5.74) is 1.42. The van der Waals surface area contributed by atoms with Gasteiger partial charge in [0.1, 0.15) is 0 Å². The lowest BCUT2D eigenvalue weighted by Crippen LogP contribution is -2.32. The first-order chi connectivity index (χ1) is 10.6. The van der Waals surface area contributed by atoms with E-state index in [1.807, 2.05) is 24.3 Å². The highest BCUT2D eigenvalue weighted by molar-refractivity contribution is 8.01. The SMILES string of the molecule is O=C(CC1Sc2ccccc2NC1=O)Nc1cccc(Cl)c1. The van der Waals surface area contributed by atoms with E-state index >= 15 is 0 Å². The molecular weight excluding hydrogens is 320 g/mol. The van der Waals surface area contributed by atoms with Crippen molar-refractivity contribution in [3.05, 3.63) is 53.6 Å². The van der Waals surface area contributed by atoms with Crippen LogP contribution in [0.3, 0.4) is 0 Å². The van der Waals surface area contributed by atoms with E-state index < -0.39 is 5.25 Å². The summed E-state index contributed by atoms with van der Waals surface area (Å²) in [7, 11) is 0. The number of carbonyl (C=O) groups excluding carboxylic acids is 2. The fourth-order valence-electron chi connectivity index (χ4n) is 2.17. The number of anilines is 2. The summed E-state index contributed by atoms with van der Waals surface area (Å²) < 4.78 is 0. The minimum Gasteiger partial charge on any atom is -0.326 e. The quantitative estimate of drug-likeness (QED) is 0.899. The van der Waals surface area contributed by atoms with Gasteiger partial charge < -0.3 is 10.6 Å². The van der Waals surface area contributed by atoms with Gasteiger partial charge in [0.15, 0.2) is 0 Å². The molecule has 0 aromatic heterocycles. The Morgan fingerprint density at radius 2 is 2.05 bits per heavy atom. The van der Waals surface area contributed by atoms with Crippen molar-refractivity contribution in [3.8, 4) is 0 Å². The average molecular weight is 333 g/mol. The fourth-order valence-corrected chi connectivity index (χ4v) is 3.47. The lowest BCUT2D eigenvalue weighted by atomic mass is 10.2. The highest BCUT2D eigenvalue weighted by atomic mass is 35.5. The number of hydrogen-bond donors (Lipinski definition) is 2. The smallest absolute Gasteiger partial charge is 0.238 e. The van der Waals surface area contributed by atoms with Gasteiger partial charge in [0.2, 0.25) is 11.8 Å². The van der Waals surface area contributed by atoms with Crippen molar-refractivity contribution in [1.82, 2.24) is 0 Å². The molecular formula is C16H13ClN2O2S. The molecule has 1 unspecified atom stereocenters. The molecule has 0 aliphatic carbocycles. The maximum Gasteiger partial charge on any atom is 0.238 e. The van der Waals surface area contributed by atoms with E-state index in [0.717, 1.165) is 10.6 Å². The van der Waals surface area contributed by atoms with Crippen molar-refractivity contribution >= 4 is 46.6 Å². The topological polar surface area (TPSA) is 58.2 Å². The van der Waals surface area contributed by atoms with Crippen LogP contribution in [0.4, 0.5) is 11.4 Å². The van der Waals surface area contributed by atoms with Crippen LogP contribution in [-0.2, 0) is 9.59 Å². The molecule has 1 atom stereocenters. The zero-order valence-electron chi connectivity index (χ0n) is 11.5. The first-order valence-corrected chi connectivity index (χ1v) is 7.99. The van der Waals surface area contributed by atoms with E-state index in [1.165, 1.54) is 11.8 Å². The number of fused-ring (bicyclic) bond motifs is 1. The number of benzene rings is 2. The first-order valence-electron chi connectivity index (χ1n) is 6.74. The molecule has 1 aliphatic rings. The lowest BCUT2D eigenvalue weighted by Gasteiger charge is -2.23. The van der Waals surface area contributed by atoms with Crippen LogP contribution in [0.1, 0.15) is 6.42 Å². The molecule has 2 N–H and O–H groups in total. The molecule has 0 spiro atoms. The summed E-state index contributed by atoms with van der Waals surface area (Å²) in [6.45, 7) is 0. The van der Waals surface area contributed by atoms with Gasteiger partial charge in [0.05, 0.1) is 10.9 Å². The van der Waals surface area contributed by atoms with Gasteiger partial charge in [0, 0.05) is 22.0 Å². The van der Waals surface area contributed by atoms with E-state index in [0.29, 0.717) is 10.7 Å². The molecule has 0 fully saturated rings. The Hall–Kier alpha value is -1.98. The molecule has 0 saturated heterocycles. The molecule has 2 aromatic rings. The third-order valence-corrected chi connectivity index (χ3v) is 4.70. The van der Waals surface area contributed by atoms with E-state index in [4.69, 9.17) is 11.6 Å².